The third-order valence-corrected chi connectivity index (χ3v) is 4.20. The van der Waals surface area contributed by atoms with Gasteiger partial charge in [-0.3, -0.25) is 14.9 Å². The fourth-order valence-electron chi connectivity index (χ4n) is 2.74. The van der Waals surface area contributed by atoms with Gasteiger partial charge in [0.25, 0.3) is 5.91 Å². The Labute approximate surface area is 150 Å². The van der Waals surface area contributed by atoms with Gasteiger partial charge in [-0.1, -0.05) is 5.16 Å². The molecule has 1 saturated heterocycles. The second-order valence-electron chi connectivity index (χ2n) is 6.21. The maximum Gasteiger partial charge on any atom is 0.309 e. The average Bonchev–Trinajstić information content (AvgIpc) is 3.07. The largest absolute Gasteiger partial charge is 0.452 e. The van der Waals surface area contributed by atoms with E-state index in [9.17, 15) is 9.59 Å². The maximum atomic E-state index is 12.3. The van der Waals surface area contributed by atoms with Crippen LogP contribution < -0.4 is 10.2 Å². The zero-order valence-electron chi connectivity index (χ0n) is 14.7. The molecule has 0 spiro atoms. The molecule has 0 aliphatic carbocycles. The molecule has 1 atom stereocenters. The summed E-state index contributed by atoms with van der Waals surface area (Å²) in [6, 6.07) is 3.36. The van der Waals surface area contributed by atoms with Gasteiger partial charge in [-0.2, -0.15) is 0 Å². The van der Waals surface area contributed by atoms with E-state index in [1.165, 1.54) is 6.92 Å². The number of carbonyl (C=O) groups excluding carboxylic acids is 2. The number of hydrogen-bond acceptors (Lipinski definition) is 8. The summed E-state index contributed by atoms with van der Waals surface area (Å²) >= 11 is 0. The maximum absolute atomic E-state index is 12.3. The van der Waals surface area contributed by atoms with E-state index in [4.69, 9.17) is 9.26 Å². The molecule has 0 aromatic carbocycles. The van der Waals surface area contributed by atoms with Crippen molar-refractivity contribution in [2.75, 3.05) is 23.3 Å². The second kappa shape index (κ2) is 7.94. The number of hydrogen-bond donors (Lipinski definition) is 1. The molecule has 26 heavy (non-hydrogen) atoms. The summed E-state index contributed by atoms with van der Waals surface area (Å²) in [7, 11) is 0. The first-order valence-corrected chi connectivity index (χ1v) is 8.49. The Balaban J connectivity index is 1.47. The quantitative estimate of drug-likeness (QED) is 0.801. The van der Waals surface area contributed by atoms with Gasteiger partial charge in [0.15, 0.2) is 6.10 Å². The van der Waals surface area contributed by atoms with Crippen molar-refractivity contribution >= 4 is 23.7 Å². The number of esters is 1. The minimum Gasteiger partial charge on any atom is -0.452 e. The van der Waals surface area contributed by atoms with Crippen molar-refractivity contribution in [2.45, 2.75) is 32.8 Å². The number of carbonyl (C=O) groups is 2. The van der Waals surface area contributed by atoms with Crippen molar-refractivity contribution < 1.29 is 18.8 Å². The lowest BCUT2D eigenvalue weighted by molar-refractivity contribution is -0.158. The first-order chi connectivity index (χ1) is 12.5. The van der Waals surface area contributed by atoms with Crippen LogP contribution in [-0.2, 0) is 14.3 Å². The second-order valence-corrected chi connectivity index (χ2v) is 6.21. The highest BCUT2D eigenvalue weighted by atomic mass is 16.5. The standard InChI is InChI=1S/C17H21N5O4/c1-11-10-14(26-21-11)20-15(23)12(2)25-16(24)13-4-8-22(9-5-13)17-18-6-3-7-19-17/h3,6-7,10,12-13H,4-5,8-9H2,1-2H3,(H,20,23). The van der Waals surface area contributed by atoms with Crippen LogP contribution in [0.4, 0.5) is 11.8 Å². The van der Waals surface area contributed by atoms with E-state index in [2.05, 4.69) is 20.4 Å². The summed E-state index contributed by atoms with van der Waals surface area (Å²) in [4.78, 5) is 34.9. The number of nitrogens with one attached hydrogen (secondary N) is 1. The van der Waals surface area contributed by atoms with Gasteiger partial charge < -0.3 is 14.2 Å². The molecule has 0 saturated carbocycles. The number of amides is 1. The highest BCUT2D eigenvalue weighted by molar-refractivity contribution is 5.94. The fraction of sp³-hybridized carbons (Fsp3) is 0.471. The SMILES string of the molecule is Cc1cc(NC(=O)C(C)OC(=O)C2CCN(c3ncccn3)CC2)on1. The molecule has 3 rings (SSSR count). The molecule has 2 aromatic rings. The molecule has 0 bridgehead atoms. The van der Waals surface area contributed by atoms with Gasteiger partial charge in [0, 0.05) is 31.5 Å². The Bertz CT molecular complexity index is 756. The predicted octanol–water partition coefficient (Wildman–Crippen LogP) is 1.56. The summed E-state index contributed by atoms with van der Waals surface area (Å²) in [5, 5.41) is 6.21. The Morgan fingerprint density at radius 3 is 2.62 bits per heavy atom. The summed E-state index contributed by atoms with van der Waals surface area (Å²) < 4.78 is 10.2. The minimum absolute atomic E-state index is 0.228. The summed E-state index contributed by atoms with van der Waals surface area (Å²) in [6.45, 7) is 4.61. The molecule has 2 aromatic heterocycles. The Morgan fingerprint density at radius 1 is 1.31 bits per heavy atom. The molecule has 0 radical (unpaired) electrons. The van der Waals surface area contributed by atoms with Crippen LogP contribution in [-0.4, -0.2) is 46.2 Å². The number of nitrogens with zero attached hydrogens (tertiary/aromatic N) is 4. The summed E-state index contributed by atoms with van der Waals surface area (Å²) in [5.41, 5.74) is 0.652. The predicted molar refractivity (Wildman–Crippen MR) is 92.4 cm³/mol. The Kier molecular flexibility index (Phi) is 5.45. The minimum atomic E-state index is -0.914. The molecule has 9 heteroatoms. The Morgan fingerprint density at radius 2 is 2.00 bits per heavy atom. The van der Waals surface area contributed by atoms with Crippen molar-refractivity contribution in [3.63, 3.8) is 0 Å². The van der Waals surface area contributed by atoms with Crippen molar-refractivity contribution in [1.82, 2.24) is 15.1 Å². The van der Waals surface area contributed by atoms with Crippen LogP contribution in [0.2, 0.25) is 0 Å². The first kappa shape index (κ1) is 17.8. The van der Waals surface area contributed by atoms with Gasteiger partial charge >= 0.3 is 5.97 Å². The van der Waals surface area contributed by atoms with E-state index in [0.717, 1.165) is 0 Å². The van der Waals surface area contributed by atoms with Gasteiger partial charge in [0.2, 0.25) is 11.8 Å². The van der Waals surface area contributed by atoms with E-state index < -0.39 is 12.0 Å². The van der Waals surface area contributed by atoms with Gasteiger partial charge in [-0.25, -0.2) is 9.97 Å². The molecular formula is C17H21N5O4. The fourth-order valence-corrected chi connectivity index (χ4v) is 2.74. The van der Waals surface area contributed by atoms with Crippen LogP contribution in [0.1, 0.15) is 25.5 Å². The van der Waals surface area contributed by atoms with Gasteiger partial charge in [-0.05, 0) is 32.8 Å². The number of aromatic nitrogens is 3. The molecule has 1 fully saturated rings. The normalized spacial score (nSPS) is 16.2. The summed E-state index contributed by atoms with van der Waals surface area (Å²) in [5.74, 6) is -0.168. The first-order valence-electron chi connectivity index (χ1n) is 8.49. The van der Waals surface area contributed by atoms with E-state index in [-0.39, 0.29) is 17.8 Å². The van der Waals surface area contributed by atoms with E-state index in [0.29, 0.717) is 37.6 Å². The number of ether oxygens (including phenoxy) is 1. The molecule has 138 valence electrons. The van der Waals surface area contributed by atoms with Gasteiger partial charge in [0.1, 0.15) is 0 Å². The van der Waals surface area contributed by atoms with Crippen LogP contribution in [0.5, 0.6) is 0 Å². The van der Waals surface area contributed by atoms with Gasteiger partial charge in [0.05, 0.1) is 11.6 Å². The zero-order chi connectivity index (χ0) is 18.5. The molecule has 1 amide bonds. The lowest BCUT2D eigenvalue weighted by atomic mass is 9.97. The van der Waals surface area contributed by atoms with Crippen molar-refractivity contribution in [3.05, 3.63) is 30.2 Å². The molecule has 1 aliphatic heterocycles. The molecule has 3 heterocycles. The molecule has 1 N–H and O–H groups in total. The average molecular weight is 359 g/mol. The van der Waals surface area contributed by atoms with E-state index in [1.807, 2.05) is 4.90 Å². The van der Waals surface area contributed by atoms with Gasteiger partial charge in [-0.15, -0.1) is 0 Å². The molecular weight excluding hydrogens is 338 g/mol. The molecule has 1 unspecified atom stereocenters. The van der Waals surface area contributed by atoms with Crippen LogP contribution in [0.15, 0.2) is 29.0 Å². The third-order valence-electron chi connectivity index (χ3n) is 4.20. The van der Waals surface area contributed by atoms with Crippen LogP contribution in [0, 0.1) is 12.8 Å². The highest BCUT2D eigenvalue weighted by Gasteiger charge is 2.29. The lowest BCUT2D eigenvalue weighted by Crippen LogP contribution is -2.39. The monoisotopic (exact) mass is 359 g/mol. The summed E-state index contributed by atoms with van der Waals surface area (Å²) in [6.07, 6.45) is 3.74. The molecule has 9 nitrogen and oxygen atoms in total. The van der Waals surface area contributed by atoms with E-state index in [1.54, 1.807) is 31.5 Å². The number of aryl methyl sites for hydroxylation is 1. The zero-order valence-corrected chi connectivity index (χ0v) is 14.7. The van der Waals surface area contributed by atoms with Crippen LogP contribution >= 0.6 is 0 Å². The topological polar surface area (TPSA) is 110 Å². The number of anilines is 2. The van der Waals surface area contributed by atoms with Crippen molar-refractivity contribution in [2.24, 2.45) is 5.92 Å². The number of piperidine rings is 1. The lowest BCUT2D eigenvalue weighted by Gasteiger charge is -2.31. The third kappa shape index (κ3) is 4.35. The highest BCUT2D eigenvalue weighted by Crippen LogP contribution is 2.22. The smallest absolute Gasteiger partial charge is 0.309 e. The van der Waals surface area contributed by atoms with Crippen molar-refractivity contribution in [3.8, 4) is 0 Å². The molecule has 1 aliphatic rings. The Hall–Kier alpha value is -2.97. The number of rotatable bonds is 5. The van der Waals surface area contributed by atoms with Crippen LogP contribution in [0.25, 0.3) is 0 Å². The van der Waals surface area contributed by atoms with Crippen LogP contribution in [0.3, 0.4) is 0 Å². The van der Waals surface area contributed by atoms with E-state index >= 15 is 0 Å². The van der Waals surface area contributed by atoms with Crippen molar-refractivity contribution in [1.29, 1.82) is 0 Å².